The summed E-state index contributed by atoms with van der Waals surface area (Å²) in [6, 6.07) is 11.2. The average molecular weight is 424 g/mol. The lowest BCUT2D eigenvalue weighted by atomic mass is 10.1. The third-order valence-corrected chi connectivity index (χ3v) is 5.64. The molecule has 0 radical (unpaired) electrons. The van der Waals surface area contributed by atoms with Gasteiger partial charge in [0, 0.05) is 47.2 Å². The van der Waals surface area contributed by atoms with Crippen molar-refractivity contribution < 1.29 is 13.2 Å². The lowest BCUT2D eigenvalue weighted by molar-refractivity contribution is -0.137. The molecule has 158 valence electrons. The number of hydrogen-bond donors (Lipinski definition) is 2. The van der Waals surface area contributed by atoms with Crippen LogP contribution >= 0.6 is 0 Å². The van der Waals surface area contributed by atoms with Crippen LogP contribution in [0.25, 0.3) is 27.8 Å². The number of H-pyrrole nitrogens is 1. The average Bonchev–Trinajstić information content (AvgIpc) is 2.93. The minimum Gasteiger partial charge on any atom is -0.358 e. The van der Waals surface area contributed by atoms with Crippen LogP contribution < -0.4 is 10.9 Å². The Kier molecular flexibility index (Phi) is 4.66. The van der Waals surface area contributed by atoms with Crippen LogP contribution in [0.15, 0.2) is 59.7 Å². The van der Waals surface area contributed by atoms with E-state index in [-0.39, 0.29) is 5.56 Å². The Morgan fingerprint density at radius 2 is 1.94 bits per heavy atom. The topological polar surface area (TPSA) is 62.7 Å². The van der Waals surface area contributed by atoms with Crippen molar-refractivity contribution in [3.8, 4) is 16.9 Å². The fraction of sp³-hybridized carbons (Fsp3) is 0.217. The Morgan fingerprint density at radius 1 is 1.06 bits per heavy atom. The van der Waals surface area contributed by atoms with Gasteiger partial charge in [0.2, 0.25) is 0 Å². The van der Waals surface area contributed by atoms with Crippen LogP contribution in [0.4, 0.5) is 13.2 Å². The smallest absolute Gasteiger partial charge is 0.358 e. The van der Waals surface area contributed by atoms with Gasteiger partial charge in [-0.2, -0.15) is 13.2 Å². The summed E-state index contributed by atoms with van der Waals surface area (Å²) >= 11 is 0. The number of nitrogens with zero attached hydrogens (tertiary/aromatic N) is 2. The summed E-state index contributed by atoms with van der Waals surface area (Å²) in [5.41, 5.74) is 3.87. The van der Waals surface area contributed by atoms with Gasteiger partial charge in [0.05, 0.1) is 16.9 Å². The molecule has 0 saturated heterocycles. The summed E-state index contributed by atoms with van der Waals surface area (Å²) in [5, 5.41) is 4.57. The number of pyridine rings is 2. The van der Waals surface area contributed by atoms with Gasteiger partial charge in [-0.3, -0.25) is 14.3 Å². The van der Waals surface area contributed by atoms with Crippen molar-refractivity contribution in [2.24, 2.45) is 0 Å². The molecule has 0 amide bonds. The van der Waals surface area contributed by atoms with Gasteiger partial charge in [-0.05, 0) is 55.3 Å². The number of aromatic nitrogens is 3. The lowest BCUT2D eigenvalue weighted by Gasteiger charge is -2.09. The van der Waals surface area contributed by atoms with Crippen LogP contribution in [-0.4, -0.2) is 21.1 Å². The van der Waals surface area contributed by atoms with E-state index in [9.17, 15) is 18.0 Å². The standard InChI is InChI=1S/C23H19F3N4O/c24-23(25,26)15-3-6-19(28-12-15)14-7-9-30(22(31)10-14)16-4-5-17-18-13-27-8-1-2-20(18)29-21(17)11-16/h3-7,9-12,27,29H,1-2,8,13H2. The van der Waals surface area contributed by atoms with Crippen LogP contribution in [0.2, 0.25) is 0 Å². The Labute approximate surface area is 175 Å². The van der Waals surface area contributed by atoms with Crippen LogP contribution in [0, 0.1) is 0 Å². The molecule has 0 atom stereocenters. The van der Waals surface area contributed by atoms with Crippen LogP contribution in [0.1, 0.15) is 23.2 Å². The minimum absolute atomic E-state index is 0.284. The highest BCUT2D eigenvalue weighted by atomic mass is 19.4. The van der Waals surface area contributed by atoms with Crippen LogP contribution in [0.5, 0.6) is 0 Å². The second kappa shape index (κ2) is 7.39. The Bertz CT molecular complexity index is 1320. The van der Waals surface area contributed by atoms with Gasteiger partial charge in [0.1, 0.15) is 0 Å². The van der Waals surface area contributed by atoms with E-state index in [1.54, 1.807) is 12.3 Å². The van der Waals surface area contributed by atoms with Gasteiger partial charge < -0.3 is 10.3 Å². The number of benzene rings is 1. The molecule has 8 heteroatoms. The van der Waals surface area contributed by atoms with Gasteiger partial charge >= 0.3 is 6.18 Å². The quantitative estimate of drug-likeness (QED) is 0.500. The molecular formula is C23H19F3N4O. The maximum Gasteiger partial charge on any atom is 0.417 e. The normalized spacial score (nSPS) is 14.4. The molecule has 1 aliphatic rings. The highest BCUT2D eigenvalue weighted by molar-refractivity contribution is 5.86. The first kappa shape index (κ1) is 19.6. The number of nitrogens with one attached hydrogen (secondary N) is 2. The van der Waals surface area contributed by atoms with Crippen molar-refractivity contribution in [2.45, 2.75) is 25.6 Å². The number of rotatable bonds is 2. The third kappa shape index (κ3) is 3.63. The van der Waals surface area contributed by atoms with Crippen LogP contribution in [0.3, 0.4) is 0 Å². The van der Waals surface area contributed by atoms with Crippen molar-refractivity contribution in [3.05, 3.63) is 82.0 Å². The largest absolute Gasteiger partial charge is 0.417 e. The first-order valence-electron chi connectivity index (χ1n) is 10.0. The first-order chi connectivity index (χ1) is 14.9. The summed E-state index contributed by atoms with van der Waals surface area (Å²) in [6.07, 6.45) is 0.0129. The van der Waals surface area contributed by atoms with E-state index < -0.39 is 11.7 Å². The second-order valence-electron chi connectivity index (χ2n) is 7.65. The zero-order valence-corrected chi connectivity index (χ0v) is 16.5. The molecule has 3 aromatic heterocycles. The molecule has 5 nitrogen and oxygen atoms in total. The van der Waals surface area contributed by atoms with Gasteiger partial charge in [-0.25, -0.2) is 0 Å². The van der Waals surface area contributed by atoms with Crippen molar-refractivity contribution in [2.75, 3.05) is 6.54 Å². The number of hydrogen-bond acceptors (Lipinski definition) is 3. The summed E-state index contributed by atoms with van der Waals surface area (Å²) < 4.78 is 39.7. The summed E-state index contributed by atoms with van der Waals surface area (Å²) in [5.74, 6) is 0. The molecule has 0 saturated carbocycles. The Hall–Kier alpha value is -3.39. The molecule has 2 N–H and O–H groups in total. The predicted molar refractivity (Wildman–Crippen MR) is 112 cm³/mol. The summed E-state index contributed by atoms with van der Waals surface area (Å²) in [4.78, 5) is 20.1. The monoisotopic (exact) mass is 424 g/mol. The van der Waals surface area contributed by atoms with E-state index in [1.165, 1.54) is 28.0 Å². The zero-order valence-electron chi connectivity index (χ0n) is 16.5. The zero-order chi connectivity index (χ0) is 21.6. The van der Waals surface area contributed by atoms with Gasteiger partial charge in [0.15, 0.2) is 0 Å². The lowest BCUT2D eigenvalue weighted by Crippen LogP contribution is -2.16. The predicted octanol–water partition coefficient (Wildman–Crippen LogP) is 4.44. The SMILES string of the molecule is O=c1cc(-c2ccc(C(F)(F)F)cn2)ccn1-c1ccc2c3c([nH]c2c1)CCCNC3. The molecule has 0 fully saturated rings. The van der Waals surface area contributed by atoms with Gasteiger partial charge in [-0.1, -0.05) is 6.07 Å². The molecule has 31 heavy (non-hydrogen) atoms. The maximum atomic E-state index is 12.8. The van der Waals surface area contributed by atoms with Gasteiger partial charge in [0.25, 0.3) is 5.56 Å². The van der Waals surface area contributed by atoms with Crippen molar-refractivity contribution in [3.63, 3.8) is 0 Å². The first-order valence-corrected chi connectivity index (χ1v) is 10.0. The Morgan fingerprint density at radius 3 is 2.68 bits per heavy atom. The molecular weight excluding hydrogens is 405 g/mol. The highest BCUT2D eigenvalue weighted by Crippen LogP contribution is 2.30. The number of halogens is 3. The maximum absolute atomic E-state index is 12.8. The third-order valence-electron chi connectivity index (χ3n) is 5.64. The van der Waals surface area contributed by atoms with E-state index in [1.807, 2.05) is 18.2 Å². The number of aromatic amines is 1. The molecule has 4 aromatic rings. The minimum atomic E-state index is -4.44. The van der Waals surface area contributed by atoms with Crippen LogP contribution in [-0.2, 0) is 19.1 Å². The molecule has 0 spiro atoms. The molecule has 1 aromatic carbocycles. The number of alkyl halides is 3. The summed E-state index contributed by atoms with van der Waals surface area (Å²) in [6.45, 7) is 1.82. The molecule has 0 bridgehead atoms. The van der Waals surface area contributed by atoms with Crippen molar-refractivity contribution in [1.82, 2.24) is 19.9 Å². The molecule has 1 aliphatic heterocycles. The number of fused-ring (bicyclic) bond motifs is 3. The summed E-state index contributed by atoms with van der Waals surface area (Å²) in [7, 11) is 0. The van der Waals surface area contributed by atoms with Crippen molar-refractivity contribution >= 4 is 10.9 Å². The van der Waals surface area contributed by atoms with E-state index in [0.717, 1.165) is 49.1 Å². The second-order valence-corrected chi connectivity index (χ2v) is 7.65. The van der Waals surface area contributed by atoms with E-state index in [0.29, 0.717) is 16.9 Å². The fourth-order valence-electron chi connectivity index (χ4n) is 4.05. The number of aryl methyl sites for hydroxylation is 1. The molecule has 0 unspecified atom stereocenters. The molecule has 4 heterocycles. The fourth-order valence-corrected chi connectivity index (χ4v) is 4.05. The van der Waals surface area contributed by atoms with E-state index in [4.69, 9.17) is 0 Å². The van der Waals surface area contributed by atoms with E-state index >= 15 is 0 Å². The Balaban J connectivity index is 1.49. The molecule has 5 rings (SSSR count). The molecule has 0 aliphatic carbocycles. The highest BCUT2D eigenvalue weighted by Gasteiger charge is 2.30. The van der Waals surface area contributed by atoms with Gasteiger partial charge in [-0.15, -0.1) is 0 Å². The van der Waals surface area contributed by atoms with E-state index in [2.05, 4.69) is 15.3 Å². The van der Waals surface area contributed by atoms with Crippen molar-refractivity contribution in [1.29, 1.82) is 0 Å².